The van der Waals surface area contributed by atoms with Crippen molar-refractivity contribution < 1.29 is 14.7 Å². The predicted molar refractivity (Wildman–Crippen MR) is 93.3 cm³/mol. The molecule has 0 bridgehead atoms. The van der Waals surface area contributed by atoms with Crippen LogP contribution in [0.15, 0.2) is 42.5 Å². The number of carbonyl (C=O) groups is 2. The van der Waals surface area contributed by atoms with E-state index in [0.29, 0.717) is 11.3 Å². The molecular formula is C20H21NO3. The molecule has 24 heavy (non-hydrogen) atoms. The highest BCUT2D eigenvalue weighted by atomic mass is 16.4. The lowest BCUT2D eigenvalue weighted by molar-refractivity contribution is -0.140. The van der Waals surface area contributed by atoms with E-state index in [-0.39, 0.29) is 11.8 Å². The standard InChI is InChI=1S/C20H21NO3/c1-4-14-15-7-5-6-8-16(15)19(20(23)24)21(13(3)22)18-10-9-12(2)11-17(14)18/h5-11,14,19H,4H2,1-3H3,(H,23,24)/t14-,19+/m0/s1. The second-order valence-electron chi connectivity index (χ2n) is 6.28. The lowest BCUT2D eigenvalue weighted by Gasteiger charge is -2.28. The minimum Gasteiger partial charge on any atom is -0.479 e. The summed E-state index contributed by atoms with van der Waals surface area (Å²) >= 11 is 0. The fourth-order valence-corrected chi connectivity index (χ4v) is 3.73. The van der Waals surface area contributed by atoms with Gasteiger partial charge in [0.05, 0.1) is 0 Å². The maximum absolute atomic E-state index is 12.4. The number of hydrogen-bond donors (Lipinski definition) is 1. The first kappa shape index (κ1) is 16.2. The smallest absolute Gasteiger partial charge is 0.331 e. The van der Waals surface area contributed by atoms with Crippen LogP contribution in [0.1, 0.15) is 54.5 Å². The Labute approximate surface area is 141 Å². The molecule has 1 aliphatic heterocycles. The number of aryl methyl sites for hydroxylation is 1. The largest absolute Gasteiger partial charge is 0.479 e. The maximum Gasteiger partial charge on any atom is 0.331 e. The zero-order valence-corrected chi connectivity index (χ0v) is 14.1. The molecule has 1 amide bonds. The summed E-state index contributed by atoms with van der Waals surface area (Å²) < 4.78 is 0. The van der Waals surface area contributed by atoms with E-state index in [2.05, 4.69) is 13.0 Å². The number of amides is 1. The van der Waals surface area contributed by atoms with Crippen LogP contribution in [0.4, 0.5) is 5.69 Å². The van der Waals surface area contributed by atoms with Gasteiger partial charge in [-0.05, 0) is 36.1 Å². The zero-order valence-electron chi connectivity index (χ0n) is 14.1. The molecule has 0 radical (unpaired) electrons. The van der Waals surface area contributed by atoms with Gasteiger partial charge in [-0.15, -0.1) is 0 Å². The van der Waals surface area contributed by atoms with E-state index in [1.165, 1.54) is 11.8 Å². The average molecular weight is 323 g/mol. The van der Waals surface area contributed by atoms with Gasteiger partial charge in [-0.2, -0.15) is 0 Å². The number of anilines is 1. The molecule has 0 saturated carbocycles. The highest BCUT2D eigenvalue weighted by Crippen LogP contribution is 2.45. The number of rotatable bonds is 2. The van der Waals surface area contributed by atoms with Crippen LogP contribution in [-0.2, 0) is 9.59 Å². The van der Waals surface area contributed by atoms with Gasteiger partial charge in [-0.25, -0.2) is 4.79 Å². The quantitative estimate of drug-likeness (QED) is 0.908. The van der Waals surface area contributed by atoms with Crippen LogP contribution in [0, 0.1) is 6.92 Å². The predicted octanol–water partition coefficient (Wildman–Crippen LogP) is 4.03. The second-order valence-corrected chi connectivity index (χ2v) is 6.28. The lowest BCUT2D eigenvalue weighted by atomic mass is 9.85. The summed E-state index contributed by atoms with van der Waals surface area (Å²) in [5.41, 5.74) is 4.50. The number of nitrogens with zero attached hydrogens (tertiary/aromatic N) is 1. The number of carboxylic acids is 1. The van der Waals surface area contributed by atoms with Crippen LogP contribution in [0.3, 0.4) is 0 Å². The van der Waals surface area contributed by atoms with Gasteiger partial charge >= 0.3 is 5.97 Å². The molecule has 1 heterocycles. The normalized spacial score (nSPS) is 19.2. The molecule has 0 fully saturated rings. The Balaban J connectivity index is 2.40. The van der Waals surface area contributed by atoms with Crippen molar-refractivity contribution in [2.75, 3.05) is 4.90 Å². The summed E-state index contributed by atoms with van der Waals surface area (Å²) in [5.74, 6) is -1.21. The molecule has 2 aromatic rings. The Morgan fingerprint density at radius 3 is 2.33 bits per heavy atom. The lowest BCUT2D eigenvalue weighted by Crippen LogP contribution is -2.37. The first-order valence-corrected chi connectivity index (χ1v) is 8.17. The third kappa shape index (κ3) is 2.48. The Morgan fingerprint density at radius 1 is 1.08 bits per heavy atom. The molecule has 1 aliphatic rings. The van der Waals surface area contributed by atoms with E-state index >= 15 is 0 Å². The Kier molecular flexibility index (Phi) is 4.14. The van der Waals surface area contributed by atoms with Gasteiger partial charge in [0.2, 0.25) is 5.91 Å². The average Bonchev–Trinajstić information content (AvgIpc) is 2.66. The summed E-state index contributed by atoms with van der Waals surface area (Å²) in [6.07, 6.45) is 0.839. The third-order valence-corrected chi connectivity index (χ3v) is 4.72. The molecule has 0 aromatic heterocycles. The molecule has 0 spiro atoms. The van der Waals surface area contributed by atoms with Crippen molar-refractivity contribution in [2.24, 2.45) is 0 Å². The number of carbonyl (C=O) groups excluding carboxylic acids is 1. The second kappa shape index (κ2) is 6.11. The molecule has 0 aliphatic carbocycles. The van der Waals surface area contributed by atoms with E-state index < -0.39 is 12.0 Å². The molecule has 4 nitrogen and oxygen atoms in total. The van der Waals surface area contributed by atoms with Crippen molar-refractivity contribution in [3.8, 4) is 0 Å². The van der Waals surface area contributed by atoms with Gasteiger partial charge < -0.3 is 5.11 Å². The van der Waals surface area contributed by atoms with Crippen LogP contribution in [0.25, 0.3) is 0 Å². The molecule has 124 valence electrons. The molecule has 0 unspecified atom stereocenters. The third-order valence-electron chi connectivity index (χ3n) is 4.72. The van der Waals surface area contributed by atoms with Crippen molar-refractivity contribution in [3.05, 3.63) is 64.7 Å². The van der Waals surface area contributed by atoms with Gasteiger partial charge in [0.25, 0.3) is 0 Å². The summed E-state index contributed by atoms with van der Waals surface area (Å²) in [5, 5.41) is 9.87. The van der Waals surface area contributed by atoms with Gasteiger partial charge in [-0.3, -0.25) is 9.69 Å². The Morgan fingerprint density at radius 2 is 1.75 bits per heavy atom. The minimum atomic E-state index is -1.01. The fraction of sp³-hybridized carbons (Fsp3) is 0.300. The zero-order chi connectivity index (χ0) is 17.4. The number of hydrogen-bond acceptors (Lipinski definition) is 2. The summed E-state index contributed by atoms with van der Waals surface area (Å²) in [6, 6.07) is 12.4. The first-order chi connectivity index (χ1) is 11.5. The van der Waals surface area contributed by atoms with Crippen molar-refractivity contribution in [1.82, 2.24) is 0 Å². The van der Waals surface area contributed by atoms with Crippen LogP contribution < -0.4 is 4.90 Å². The fourth-order valence-electron chi connectivity index (χ4n) is 3.73. The molecule has 2 aromatic carbocycles. The minimum absolute atomic E-state index is 0.0716. The summed E-state index contributed by atoms with van der Waals surface area (Å²) in [6.45, 7) is 5.53. The van der Waals surface area contributed by atoms with Crippen molar-refractivity contribution in [3.63, 3.8) is 0 Å². The van der Waals surface area contributed by atoms with Crippen molar-refractivity contribution in [2.45, 2.75) is 39.2 Å². The maximum atomic E-state index is 12.4. The molecule has 0 saturated heterocycles. The van der Waals surface area contributed by atoms with Crippen LogP contribution in [0.2, 0.25) is 0 Å². The number of carboxylic acid groups (broad SMARTS) is 1. The van der Waals surface area contributed by atoms with Crippen molar-refractivity contribution >= 4 is 17.6 Å². The van der Waals surface area contributed by atoms with Crippen LogP contribution in [0.5, 0.6) is 0 Å². The van der Waals surface area contributed by atoms with E-state index in [9.17, 15) is 14.7 Å². The highest BCUT2D eigenvalue weighted by molar-refractivity contribution is 6.00. The number of aliphatic carboxylic acids is 1. The summed E-state index contributed by atoms with van der Waals surface area (Å²) in [7, 11) is 0. The Bertz CT molecular complexity index is 812. The topological polar surface area (TPSA) is 57.6 Å². The van der Waals surface area contributed by atoms with E-state index in [0.717, 1.165) is 23.1 Å². The molecule has 3 rings (SSSR count). The van der Waals surface area contributed by atoms with Gasteiger partial charge in [0.15, 0.2) is 6.04 Å². The van der Waals surface area contributed by atoms with Gasteiger partial charge in [-0.1, -0.05) is 48.9 Å². The van der Waals surface area contributed by atoms with Crippen LogP contribution in [-0.4, -0.2) is 17.0 Å². The summed E-state index contributed by atoms with van der Waals surface area (Å²) in [4.78, 5) is 25.9. The van der Waals surface area contributed by atoms with E-state index in [4.69, 9.17) is 0 Å². The SMILES string of the molecule is CC[C@H]1c2ccccc2[C@H](C(=O)O)N(C(C)=O)c2ccc(C)cc21. The number of fused-ring (bicyclic) bond motifs is 2. The molecular weight excluding hydrogens is 302 g/mol. The number of benzene rings is 2. The van der Waals surface area contributed by atoms with Crippen LogP contribution >= 0.6 is 0 Å². The monoisotopic (exact) mass is 323 g/mol. The van der Waals surface area contributed by atoms with E-state index in [1.54, 1.807) is 0 Å². The van der Waals surface area contributed by atoms with Gasteiger partial charge in [0.1, 0.15) is 0 Å². The first-order valence-electron chi connectivity index (χ1n) is 8.17. The Hall–Kier alpha value is -2.62. The molecule has 4 heteroatoms. The molecule has 2 atom stereocenters. The van der Waals surface area contributed by atoms with Gasteiger partial charge in [0, 0.05) is 18.5 Å². The van der Waals surface area contributed by atoms with Crippen molar-refractivity contribution in [1.29, 1.82) is 0 Å². The molecule has 1 N–H and O–H groups in total. The highest BCUT2D eigenvalue weighted by Gasteiger charge is 2.38. The van der Waals surface area contributed by atoms with E-state index in [1.807, 2.05) is 43.3 Å².